The van der Waals surface area contributed by atoms with Crippen molar-refractivity contribution in [3.63, 3.8) is 0 Å². The van der Waals surface area contributed by atoms with Crippen molar-refractivity contribution in [1.82, 2.24) is 10.2 Å². The highest BCUT2D eigenvalue weighted by Crippen LogP contribution is 2.31. The van der Waals surface area contributed by atoms with Gasteiger partial charge in [-0.15, -0.1) is 0 Å². The molecule has 144 valence electrons. The summed E-state index contributed by atoms with van der Waals surface area (Å²) in [5.74, 6) is 0.225. The van der Waals surface area contributed by atoms with Gasteiger partial charge in [-0.05, 0) is 55.8 Å². The first-order chi connectivity index (χ1) is 12.9. The van der Waals surface area contributed by atoms with Crippen molar-refractivity contribution in [2.45, 2.75) is 43.9 Å². The number of phenolic OH excluding ortho intramolecular Hbond substituents is 1. The molecule has 3 atom stereocenters. The Bertz CT molecular complexity index is 773. The smallest absolute Gasteiger partial charge is 0.220 e. The molecule has 2 aromatic carbocycles. The first kappa shape index (κ1) is 19.4. The molecule has 0 heterocycles. The van der Waals surface area contributed by atoms with E-state index in [0.717, 1.165) is 29.5 Å². The Kier molecular flexibility index (Phi) is 6.14. The fourth-order valence-electron chi connectivity index (χ4n) is 3.74. The van der Waals surface area contributed by atoms with Gasteiger partial charge in [0.05, 0.1) is 12.1 Å². The number of carbonyl (C=O) groups is 1. The van der Waals surface area contributed by atoms with Gasteiger partial charge in [-0.1, -0.05) is 36.4 Å². The predicted molar refractivity (Wildman–Crippen MR) is 106 cm³/mol. The molecule has 0 saturated carbocycles. The summed E-state index contributed by atoms with van der Waals surface area (Å²) in [6.45, 7) is 0. The van der Waals surface area contributed by atoms with Crippen LogP contribution in [0.2, 0.25) is 0 Å². The van der Waals surface area contributed by atoms with Gasteiger partial charge in [-0.3, -0.25) is 4.79 Å². The molecule has 2 aromatic rings. The van der Waals surface area contributed by atoms with E-state index in [-0.39, 0.29) is 23.7 Å². The summed E-state index contributed by atoms with van der Waals surface area (Å²) in [6, 6.07) is 15.0. The van der Waals surface area contributed by atoms with Gasteiger partial charge in [0.15, 0.2) is 0 Å². The number of aromatic hydroxyl groups is 1. The van der Waals surface area contributed by atoms with E-state index in [0.29, 0.717) is 12.8 Å². The summed E-state index contributed by atoms with van der Waals surface area (Å²) in [6.07, 6.45) is 1.97. The number of phenols is 1. The Morgan fingerprint density at radius 1 is 1.19 bits per heavy atom. The van der Waals surface area contributed by atoms with Crippen LogP contribution in [-0.4, -0.2) is 47.3 Å². The third-order valence-electron chi connectivity index (χ3n) is 5.36. The molecule has 0 saturated heterocycles. The quantitative estimate of drug-likeness (QED) is 0.702. The molecule has 1 amide bonds. The number of aliphatic hydroxyl groups excluding tert-OH is 1. The number of aliphatic hydroxyl groups is 1. The normalized spacial score (nSPS) is 19.7. The number of fused-ring (bicyclic) bond motifs is 1. The minimum atomic E-state index is -0.562. The average molecular weight is 368 g/mol. The Morgan fingerprint density at radius 3 is 2.59 bits per heavy atom. The fraction of sp³-hybridized carbons (Fsp3) is 0.409. The molecule has 0 bridgehead atoms. The van der Waals surface area contributed by atoms with Gasteiger partial charge in [0.25, 0.3) is 0 Å². The molecule has 0 aromatic heterocycles. The Labute approximate surface area is 160 Å². The Balaban J connectivity index is 1.56. The van der Waals surface area contributed by atoms with Crippen LogP contribution in [0.4, 0.5) is 0 Å². The molecule has 1 aliphatic carbocycles. The minimum absolute atomic E-state index is 0.0340. The lowest BCUT2D eigenvalue weighted by molar-refractivity contribution is -0.122. The predicted octanol–water partition coefficient (Wildman–Crippen LogP) is 2.42. The molecular weight excluding hydrogens is 340 g/mol. The lowest BCUT2D eigenvalue weighted by Gasteiger charge is -2.25. The van der Waals surface area contributed by atoms with Gasteiger partial charge in [-0.2, -0.15) is 0 Å². The van der Waals surface area contributed by atoms with Crippen molar-refractivity contribution in [3.8, 4) is 5.75 Å². The van der Waals surface area contributed by atoms with Crippen molar-refractivity contribution in [2.24, 2.45) is 0 Å². The number of carbonyl (C=O) groups excluding carboxylic acids is 1. The topological polar surface area (TPSA) is 72.8 Å². The van der Waals surface area contributed by atoms with Crippen LogP contribution in [0.1, 0.15) is 35.6 Å². The molecule has 3 rings (SSSR count). The van der Waals surface area contributed by atoms with Crippen LogP contribution in [0.3, 0.4) is 0 Å². The zero-order valence-electron chi connectivity index (χ0n) is 15.9. The van der Waals surface area contributed by atoms with Crippen LogP contribution in [0.25, 0.3) is 0 Å². The molecule has 0 spiro atoms. The zero-order chi connectivity index (χ0) is 19.4. The average Bonchev–Trinajstić information content (AvgIpc) is 2.95. The van der Waals surface area contributed by atoms with Gasteiger partial charge in [0.2, 0.25) is 5.91 Å². The standard InChI is InChI=1S/C22H28N2O3/c1-24(2)17(13-15-7-10-18(25)11-8-15)9-12-21(27)23-22-19-6-4-3-5-16(19)14-20(22)26/h3-8,10-11,17,20,22,25-26H,9,12-14H2,1-2H3,(H,23,27)/t17-,20-,22-/m1/s1. The number of hydrogen-bond donors (Lipinski definition) is 3. The van der Waals surface area contributed by atoms with Gasteiger partial charge in [0.1, 0.15) is 5.75 Å². The fourth-order valence-corrected chi connectivity index (χ4v) is 3.74. The number of benzene rings is 2. The van der Waals surface area contributed by atoms with Gasteiger partial charge >= 0.3 is 0 Å². The number of amides is 1. The number of nitrogens with zero attached hydrogens (tertiary/aromatic N) is 1. The van der Waals surface area contributed by atoms with Crippen molar-refractivity contribution < 1.29 is 15.0 Å². The second-order valence-corrected chi connectivity index (χ2v) is 7.54. The largest absolute Gasteiger partial charge is 0.508 e. The zero-order valence-corrected chi connectivity index (χ0v) is 15.9. The number of likely N-dealkylation sites (N-methyl/N-ethyl adjacent to an activating group) is 1. The SMILES string of the molecule is CN(C)[C@H](CCC(=O)N[C@@H]1c2ccccc2C[C@H]1O)Cc1ccc(O)cc1. The highest BCUT2D eigenvalue weighted by atomic mass is 16.3. The number of rotatable bonds is 7. The highest BCUT2D eigenvalue weighted by molar-refractivity contribution is 5.76. The molecule has 5 heteroatoms. The van der Waals surface area contributed by atoms with Crippen LogP contribution in [0.5, 0.6) is 5.75 Å². The second kappa shape index (κ2) is 8.55. The van der Waals surface area contributed by atoms with E-state index in [1.165, 1.54) is 0 Å². The van der Waals surface area contributed by atoms with Crippen LogP contribution < -0.4 is 5.32 Å². The maximum absolute atomic E-state index is 12.5. The van der Waals surface area contributed by atoms with E-state index < -0.39 is 6.10 Å². The van der Waals surface area contributed by atoms with Crippen molar-refractivity contribution in [3.05, 3.63) is 65.2 Å². The summed E-state index contributed by atoms with van der Waals surface area (Å²) in [4.78, 5) is 14.6. The van der Waals surface area contributed by atoms with Gasteiger partial charge < -0.3 is 20.4 Å². The Hall–Kier alpha value is -2.37. The van der Waals surface area contributed by atoms with Gasteiger partial charge in [0, 0.05) is 18.9 Å². The highest BCUT2D eigenvalue weighted by Gasteiger charge is 2.31. The van der Waals surface area contributed by atoms with Crippen molar-refractivity contribution in [2.75, 3.05) is 14.1 Å². The van der Waals surface area contributed by atoms with E-state index in [9.17, 15) is 15.0 Å². The summed E-state index contributed by atoms with van der Waals surface area (Å²) >= 11 is 0. The van der Waals surface area contributed by atoms with E-state index >= 15 is 0 Å². The number of hydrogen-bond acceptors (Lipinski definition) is 4. The Morgan fingerprint density at radius 2 is 1.89 bits per heavy atom. The monoisotopic (exact) mass is 368 g/mol. The molecule has 3 N–H and O–H groups in total. The first-order valence-electron chi connectivity index (χ1n) is 9.43. The lowest BCUT2D eigenvalue weighted by atomic mass is 10.00. The van der Waals surface area contributed by atoms with Crippen LogP contribution in [0.15, 0.2) is 48.5 Å². The molecule has 1 aliphatic rings. The van der Waals surface area contributed by atoms with Crippen LogP contribution in [-0.2, 0) is 17.6 Å². The maximum atomic E-state index is 12.5. The summed E-state index contributed by atoms with van der Waals surface area (Å²) in [5, 5.41) is 22.7. The third kappa shape index (κ3) is 4.87. The molecule has 0 aliphatic heterocycles. The summed E-state index contributed by atoms with van der Waals surface area (Å²) < 4.78 is 0. The molecule has 0 fully saturated rings. The minimum Gasteiger partial charge on any atom is -0.508 e. The van der Waals surface area contributed by atoms with Crippen LogP contribution in [0, 0.1) is 0 Å². The molecule has 0 radical (unpaired) electrons. The molecule has 0 unspecified atom stereocenters. The van der Waals surface area contributed by atoms with E-state index in [4.69, 9.17) is 0 Å². The molecule has 5 nitrogen and oxygen atoms in total. The second-order valence-electron chi connectivity index (χ2n) is 7.54. The van der Waals surface area contributed by atoms with E-state index in [1.54, 1.807) is 12.1 Å². The summed E-state index contributed by atoms with van der Waals surface area (Å²) in [7, 11) is 4.03. The number of nitrogens with one attached hydrogen (secondary N) is 1. The van der Waals surface area contributed by atoms with E-state index in [1.807, 2.05) is 50.5 Å². The molecule has 27 heavy (non-hydrogen) atoms. The van der Waals surface area contributed by atoms with E-state index in [2.05, 4.69) is 10.2 Å². The van der Waals surface area contributed by atoms with Crippen molar-refractivity contribution >= 4 is 5.91 Å². The van der Waals surface area contributed by atoms with Crippen molar-refractivity contribution in [1.29, 1.82) is 0 Å². The first-order valence-corrected chi connectivity index (χ1v) is 9.43. The van der Waals surface area contributed by atoms with Gasteiger partial charge in [-0.25, -0.2) is 0 Å². The molecular formula is C22H28N2O3. The third-order valence-corrected chi connectivity index (χ3v) is 5.36. The van der Waals surface area contributed by atoms with Crippen LogP contribution >= 0.6 is 0 Å². The maximum Gasteiger partial charge on any atom is 0.220 e. The lowest BCUT2D eigenvalue weighted by Crippen LogP contribution is -2.36. The summed E-state index contributed by atoms with van der Waals surface area (Å²) in [5.41, 5.74) is 3.26.